The van der Waals surface area contributed by atoms with Crippen molar-refractivity contribution in [3.8, 4) is 11.5 Å². The van der Waals surface area contributed by atoms with Gasteiger partial charge in [-0.2, -0.15) is 0 Å². The number of esters is 1. The number of hydrogen-bond acceptors (Lipinski definition) is 4. The van der Waals surface area contributed by atoms with Crippen molar-refractivity contribution in [1.29, 1.82) is 0 Å². The second-order valence-corrected chi connectivity index (χ2v) is 11.9. The minimum absolute atomic E-state index is 0.00936. The fraction of sp³-hybridized carbons (Fsp3) is 0.658. The van der Waals surface area contributed by atoms with E-state index < -0.39 is 0 Å². The molecule has 0 N–H and O–H groups in total. The van der Waals surface area contributed by atoms with Crippen molar-refractivity contribution in [2.24, 2.45) is 0 Å². The molecule has 4 heteroatoms. The molecule has 42 heavy (non-hydrogen) atoms. The van der Waals surface area contributed by atoms with E-state index in [0.717, 1.165) is 43.6 Å². The molecule has 0 aliphatic heterocycles. The molecule has 0 amide bonds. The molecule has 0 heterocycles. The summed E-state index contributed by atoms with van der Waals surface area (Å²) in [6, 6.07) is 15.0. The van der Waals surface area contributed by atoms with Gasteiger partial charge in [0.15, 0.2) is 0 Å². The predicted octanol–water partition coefficient (Wildman–Crippen LogP) is 11.8. The molecular weight excluding hydrogens is 520 g/mol. The largest absolute Gasteiger partial charge is 0.490 e. The highest BCUT2D eigenvalue weighted by molar-refractivity contribution is 5.91. The first-order valence-corrected chi connectivity index (χ1v) is 17.3. The lowest BCUT2D eigenvalue weighted by Gasteiger charge is -2.19. The molecule has 2 unspecified atom stereocenters. The summed E-state index contributed by atoms with van der Waals surface area (Å²) >= 11 is 0. The van der Waals surface area contributed by atoms with Crippen molar-refractivity contribution >= 4 is 5.97 Å². The molecule has 4 nitrogen and oxygen atoms in total. The maximum Gasteiger partial charge on any atom is 0.343 e. The van der Waals surface area contributed by atoms with Gasteiger partial charge in [0, 0.05) is 6.61 Å². The first-order chi connectivity index (χ1) is 20.6. The van der Waals surface area contributed by atoms with E-state index in [1.807, 2.05) is 48.5 Å². The summed E-state index contributed by atoms with van der Waals surface area (Å²) in [5.74, 6) is 1.01. The molecular formula is C38H60O4. The normalized spacial score (nSPS) is 12.7. The number of carbonyl (C=O) groups excluding carboxylic acids is 1. The molecule has 2 atom stereocenters. The molecule has 0 radical (unpaired) electrons. The van der Waals surface area contributed by atoms with Gasteiger partial charge in [0.25, 0.3) is 0 Å². The van der Waals surface area contributed by atoms with Gasteiger partial charge in [-0.1, -0.05) is 123 Å². The van der Waals surface area contributed by atoms with Gasteiger partial charge in [0.1, 0.15) is 11.5 Å². The van der Waals surface area contributed by atoms with Gasteiger partial charge in [-0.05, 0) is 74.6 Å². The van der Waals surface area contributed by atoms with Crippen LogP contribution in [0, 0.1) is 0 Å². The molecule has 0 aromatic heterocycles. The van der Waals surface area contributed by atoms with Crippen LogP contribution < -0.4 is 9.47 Å². The Kier molecular flexibility index (Phi) is 19.8. The monoisotopic (exact) mass is 580 g/mol. The maximum atomic E-state index is 12.7. The van der Waals surface area contributed by atoms with E-state index in [1.165, 1.54) is 89.9 Å². The zero-order valence-electron chi connectivity index (χ0n) is 27.3. The molecule has 2 rings (SSSR count). The Morgan fingerprint density at radius 2 is 1.12 bits per heavy atom. The van der Waals surface area contributed by atoms with Crippen LogP contribution in [0.4, 0.5) is 0 Å². The van der Waals surface area contributed by atoms with Gasteiger partial charge in [0.05, 0.1) is 17.8 Å². The zero-order valence-corrected chi connectivity index (χ0v) is 27.3. The van der Waals surface area contributed by atoms with Crippen molar-refractivity contribution in [1.82, 2.24) is 0 Å². The SMILES string of the molecule is CCCCCCCCCCCC(CCC)Oc1ccc(OC(=O)c2ccc(C(C)OCCCCCCCC)cc2)cc1. The molecule has 2 aromatic rings. The molecule has 0 saturated heterocycles. The van der Waals surface area contributed by atoms with Crippen LogP contribution in [0.2, 0.25) is 0 Å². The van der Waals surface area contributed by atoms with Crippen LogP contribution in [0.25, 0.3) is 0 Å². The highest BCUT2D eigenvalue weighted by Gasteiger charge is 2.13. The number of ether oxygens (including phenoxy) is 3. The van der Waals surface area contributed by atoms with E-state index in [4.69, 9.17) is 14.2 Å². The summed E-state index contributed by atoms with van der Waals surface area (Å²) in [5, 5.41) is 0. The Hall–Kier alpha value is -2.33. The Morgan fingerprint density at radius 1 is 0.595 bits per heavy atom. The van der Waals surface area contributed by atoms with Gasteiger partial charge in [-0.25, -0.2) is 4.79 Å². The van der Waals surface area contributed by atoms with E-state index >= 15 is 0 Å². The maximum absolute atomic E-state index is 12.7. The third-order valence-electron chi connectivity index (χ3n) is 8.06. The molecule has 236 valence electrons. The van der Waals surface area contributed by atoms with Crippen LogP contribution in [0.5, 0.6) is 11.5 Å². The molecule has 0 aliphatic carbocycles. The zero-order chi connectivity index (χ0) is 30.3. The number of unbranched alkanes of at least 4 members (excludes halogenated alkanes) is 13. The molecule has 0 saturated carbocycles. The highest BCUT2D eigenvalue weighted by atomic mass is 16.5. The lowest BCUT2D eigenvalue weighted by molar-refractivity contribution is 0.0626. The molecule has 0 fully saturated rings. The number of carbonyl (C=O) groups is 1. The van der Waals surface area contributed by atoms with E-state index in [1.54, 1.807) is 0 Å². The van der Waals surface area contributed by atoms with Crippen LogP contribution in [0.1, 0.15) is 165 Å². The van der Waals surface area contributed by atoms with Gasteiger partial charge in [0.2, 0.25) is 0 Å². The summed E-state index contributed by atoms with van der Waals surface area (Å²) in [6.45, 7) is 9.56. The minimum atomic E-state index is -0.356. The summed E-state index contributed by atoms with van der Waals surface area (Å²) in [4.78, 5) is 12.7. The van der Waals surface area contributed by atoms with Crippen LogP contribution >= 0.6 is 0 Å². The third-order valence-corrected chi connectivity index (χ3v) is 8.06. The Labute approximate surface area is 257 Å². The summed E-state index contributed by atoms with van der Waals surface area (Å²) in [6.07, 6.45) is 23.1. The number of hydrogen-bond donors (Lipinski definition) is 0. The molecule has 2 aromatic carbocycles. The lowest BCUT2D eigenvalue weighted by Crippen LogP contribution is -2.16. The van der Waals surface area contributed by atoms with E-state index in [2.05, 4.69) is 27.7 Å². The average Bonchev–Trinajstić information content (AvgIpc) is 3.00. The number of benzene rings is 2. The molecule has 0 spiro atoms. The predicted molar refractivity (Wildman–Crippen MR) is 177 cm³/mol. The lowest BCUT2D eigenvalue weighted by atomic mass is 10.0. The van der Waals surface area contributed by atoms with E-state index in [0.29, 0.717) is 11.3 Å². The van der Waals surface area contributed by atoms with Crippen molar-refractivity contribution in [2.45, 2.75) is 155 Å². The highest BCUT2D eigenvalue weighted by Crippen LogP contribution is 2.24. The van der Waals surface area contributed by atoms with Crippen molar-refractivity contribution in [3.63, 3.8) is 0 Å². The standard InChI is InChI=1S/C38H60O4/c1-5-8-10-12-14-15-16-17-19-22-35(21-7-3)41-36-27-29-37(30-28-36)42-38(39)34-25-23-33(24-26-34)32(4)40-31-20-18-13-11-9-6-2/h23-30,32,35H,5-22,31H2,1-4H3. The van der Waals surface area contributed by atoms with Gasteiger partial charge in [-0.15, -0.1) is 0 Å². The third kappa shape index (κ3) is 15.8. The second-order valence-electron chi connectivity index (χ2n) is 11.9. The van der Waals surface area contributed by atoms with Crippen LogP contribution in [0.15, 0.2) is 48.5 Å². The average molecular weight is 581 g/mol. The van der Waals surface area contributed by atoms with E-state index in [9.17, 15) is 4.79 Å². The smallest absolute Gasteiger partial charge is 0.343 e. The minimum Gasteiger partial charge on any atom is -0.490 e. The topological polar surface area (TPSA) is 44.8 Å². The first-order valence-electron chi connectivity index (χ1n) is 17.3. The fourth-order valence-corrected chi connectivity index (χ4v) is 5.34. The Balaban J connectivity index is 1.71. The fourth-order valence-electron chi connectivity index (χ4n) is 5.34. The number of rotatable bonds is 25. The quantitative estimate of drug-likeness (QED) is 0.0665. The Bertz CT molecular complexity index is 921. The van der Waals surface area contributed by atoms with Crippen LogP contribution in [-0.2, 0) is 4.74 Å². The molecule has 0 aliphatic rings. The van der Waals surface area contributed by atoms with Crippen LogP contribution in [-0.4, -0.2) is 18.7 Å². The van der Waals surface area contributed by atoms with Gasteiger partial charge < -0.3 is 14.2 Å². The summed E-state index contributed by atoms with van der Waals surface area (Å²) < 4.78 is 18.0. The van der Waals surface area contributed by atoms with Crippen molar-refractivity contribution in [3.05, 3.63) is 59.7 Å². The Morgan fingerprint density at radius 3 is 1.69 bits per heavy atom. The van der Waals surface area contributed by atoms with E-state index in [-0.39, 0.29) is 18.2 Å². The first kappa shape index (κ1) is 35.9. The second kappa shape index (κ2) is 23.2. The van der Waals surface area contributed by atoms with Crippen molar-refractivity contribution in [2.75, 3.05) is 6.61 Å². The molecule has 0 bridgehead atoms. The van der Waals surface area contributed by atoms with Gasteiger partial charge in [-0.3, -0.25) is 0 Å². The van der Waals surface area contributed by atoms with Gasteiger partial charge >= 0.3 is 5.97 Å². The summed E-state index contributed by atoms with van der Waals surface area (Å²) in [7, 11) is 0. The van der Waals surface area contributed by atoms with Crippen molar-refractivity contribution < 1.29 is 19.0 Å². The summed E-state index contributed by atoms with van der Waals surface area (Å²) in [5.41, 5.74) is 1.61. The van der Waals surface area contributed by atoms with Crippen LogP contribution in [0.3, 0.4) is 0 Å².